The molecule has 0 spiro atoms. The molecule has 2 rings (SSSR count). The first-order chi connectivity index (χ1) is 7.15. The van der Waals surface area contributed by atoms with Gasteiger partial charge in [-0.2, -0.15) is 0 Å². The SMILES string of the molecule is CC(C)N1CCN(CC2(CBr)CC2)CC1. The van der Waals surface area contributed by atoms with Crippen LogP contribution in [-0.4, -0.2) is 53.9 Å². The number of rotatable bonds is 4. The Hall–Kier alpha value is 0.400. The molecular weight excluding hydrogens is 252 g/mol. The quantitative estimate of drug-likeness (QED) is 0.726. The van der Waals surface area contributed by atoms with Crippen LogP contribution in [0.2, 0.25) is 0 Å². The van der Waals surface area contributed by atoms with E-state index in [1.54, 1.807) is 0 Å². The van der Waals surface area contributed by atoms with E-state index >= 15 is 0 Å². The molecule has 2 fully saturated rings. The van der Waals surface area contributed by atoms with Crippen LogP contribution in [0.3, 0.4) is 0 Å². The Bertz CT molecular complexity index is 206. The number of halogens is 1. The van der Waals surface area contributed by atoms with Crippen LogP contribution < -0.4 is 0 Å². The first kappa shape index (κ1) is 11.9. The van der Waals surface area contributed by atoms with Gasteiger partial charge in [-0.15, -0.1) is 0 Å². The van der Waals surface area contributed by atoms with Crippen molar-refractivity contribution in [3.05, 3.63) is 0 Å². The third-order valence-electron chi connectivity index (χ3n) is 3.94. The number of alkyl halides is 1. The number of piperazine rings is 1. The van der Waals surface area contributed by atoms with Crippen LogP contribution in [0.25, 0.3) is 0 Å². The molecule has 0 unspecified atom stereocenters. The van der Waals surface area contributed by atoms with E-state index in [0.717, 1.165) is 6.04 Å². The van der Waals surface area contributed by atoms with Crippen molar-refractivity contribution in [3.63, 3.8) is 0 Å². The van der Waals surface area contributed by atoms with Gasteiger partial charge in [0.1, 0.15) is 0 Å². The van der Waals surface area contributed by atoms with Crippen molar-refractivity contribution in [3.8, 4) is 0 Å². The van der Waals surface area contributed by atoms with E-state index < -0.39 is 0 Å². The maximum Gasteiger partial charge on any atom is 0.0113 e. The van der Waals surface area contributed by atoms with E-state index in [4.69, 9.17) is 0 Å². The van der Waals surface area contributed by atoms with Gasteiger partial charge in [0.25, 0.3) is 0 Å². The fraction of sp³-hybridized carbons (Fsp3) is 1.00. The summed E-state index contributed by atoms with van der Waals surface area (Å²) in [5, 5.41) is 1.20. The Kier molecular flexibility index (Phi) is 3.74. The van der Waals surface area contributed by atoms with Crippen molar-refractivity contribution in [2.45, 2.75) is 32.7 Å². The lowest BCUT2D eigenvalue weighted by Gasteiger charge is -2.38. The molecule has 15 heavy (non-hydrogen) atoms. The molecule has 3 heteroatoms. The van der Waals surface area contributed by atoms with Crippen LogP contribution >= 0.6 is 15.9 Å². The lowest BCUT2D eigenvalue weighted by atomic mass is 10.1. The first-order valence-electron chi connectivity index (χ1n) is 6.18. The molecule has 0 aromatic carbocycles. The van der Waals surface area contributed by atoms with Crippen LogP contribution in [-0.2, 0) is 0 Å². The molecule has 88 valence electrons. The average molecular weight is 275 g/mol. The summed E-state index contributed by atoms with van der Waals surface area (Å²) in [6.07, 6.45) is 2.87. The second-order valence-corrected chi connectivity index (χ2v) is 6.10. The molecular formula is C12H23BrN2. The van der Waals surface area contributed by atoms with Crippen molar-refractivity contribution < 1.29 is 0 Å². The Morgan fingerprint density at radius 2 is 1.73 bits per heavy atom. The topological polar surface area (TPSA) is 6.48 Å². The third-order valence-corrected chi connectivity index (χ3v) is 5.13. The van der Waals surface area contributed by atoms with Crippen LogP contribution in [0, 0.1) is 5.41 Å². The zero-order valence-electron chi connectivity index (χ0n) is 10.0. The smallest absolute Gasteiger partial charge is 0.0113 e. The number of hydrogen-bond acceptors (Lipinski definition) is 2. The van der Waals surface area contributed by atoms with Gasteiger partial charge >= 0.3 is 0 Å². The molecule has 2 aliphatic rings. The van der Waals surface area contributed by atoms with Gasteiger partial charge in [-0.3, -0.25) is 4.90 Å². The van der Waals surface area contributed by atoms with Crippen LogP contribution in [0.15, 0.2) is 0 Å². The molecule has 0 amide bonds. The van der Waals surface area contributed by atoms with Crippen molar-refractivity contribution in [1.82, 2.24) is 9.80 Å². The summed E-state index contributed by atoms with van der Waals surface area (Å²) in [5.74, 6) is 0. The summed E-state index contributed by atoms with van der Waals surface area (Å²) in [4.78, 5) is 5.25. The summed E-state index contributed by atoms with van der Waals surface area (Å²) in [6, 6.07) is 0.721. The van der Waals surface area contributed by atoms with E-state index in [1.165, 1.54) is 50.9 Å². The highest BCUT2D eigenvalue weighted by molar-refractivity contribution is 9.09. The molecule has 2 nitrogen and oxygen atoms in total. The fourth-order valence-corrected chi connectivity index (χ4v) is 3.16. The molecule has 1 aliphatic heterocycles. The molecule has 1 heterocycles. The van der Waals surface area contributed by atoms with Gasteiger partial charge in [0.15, 0.2) is 0 Å². The summed E-state index contributed by atoms with van der Waals surface area (Å²) in [6.45, 7) is 11.0. The number of hydrogen-bond donors (Lipinski definition) is 0. The second-order valence-electron chi connectivity index (χ2n) is 5.54. The highest BCUT2D eigenvalue weighted by Crippen LogP contribution is 2.47. The van der Waals surface area contributed by atoms with Gasteiger partial charge in [0, 0.05) is 44.1 Å². The minimum Gasteiger partial charge on any atom is -0.300 e. The van der Waals surface area contributed by atoms with Crippen LogP contribution in [0.4, 0.5) is 0 Å². The van der Waals surface area contributed by atoms with E-state index in [1.807, 2.05) is 0 Å². The molecule has 0 radical (unpaired) electrons. The van der Waals surface area contributed by atoms with E-state index in [9.17, 15) is 0 Å². The summed E-state index contributed by atoms with van der Waals surface area (Å²) in [5.41, 5.74) is 0.653. The maximum atomic E-state index is 3.66. The zero-order valence-corrected chi connectivity index (χ0v) is 11.6. The average Bonchev–Trinajstić information content (AvgIpc) is 2.99. The Morgan fingerprint density at radius 3 is 2.13 bits per heavy atom. The zero-order chi connectivity index (χ0) is 10.9. The number of nitrogens with zero attached hydrogens (tertiary/aromatic N) is 2. The Labute approximate surface area is 102 Å². The Balaban J connectivity index is 1.74. The predicted octanol–water partition coefficient (Wildman–Crippen LogP) is 2.19. The predicted molar refractivity (Wildman–Crippen MR) is 68.6 cm³/mol. The molecule has 1 aliphatic carbocycles. The molecule has 0 atom stereocenters. The van der Waals surface area contributed by atoms with E-state index in [2.05, 4.69) is 39.6 Å². The van der Waals surface area contributed by atoms with Gasteiger partial charge < -0.3 is 4.90 Å². The van der Waals surface area contributed by atoms with E-state index in [0.29, 0.717) is 5.41 Å². The highest BCUT2D eigenvalue weighted by atomic mass is 79.9. The molecule has 0 aromatic rings. The summed E-state index contributed by atoms with van der Waals surface area (Å²) in [7, 11) is 0. The maximum absolute atomic E-state index is 3.66. The van der Waals surface area contributed by atoms with Crippen LogP contribution in [0.1, 0.15) is 26.7 Å². The van der Waals surface area contributed by atoms with Gasteiger partial charge in [0.2, 0.25) is 0 Å². The van der Waals surface area contributed by atoms with Crippen molar-refractivity contribution in [2.75, 3.05) is 38.1 Å². The van der Waals surface area contributed by atoms with Gasteiger partial charge in [0.05, 0.1) is 0 Å². The van der Waals surface area contributed by atoms with Crippen LogP contribution in [0.5, 0.6) is 0 Å². The molecule has 0 bridgehead atoms. The lowest BCUT2D eigenvalue weighted by molar-refractivity contribution is 0.0963. The lowest BCUT2D eigenvalue weighted by Crippen LogP contribution is -2.50. The normalized spacial score (nSPS) is 27.2. The minimum absolute atomic E-state index is 0.653. The standard InChI is InChI=1S/C12H23BrN2/c1-11(2)15-7-5-14(6-8-15)10-12(9-13)3-4-12/h11H,3-10H2,1-2H3. The van der Waals surface area contributed by atoms with Gasteiger partial charge in [-0.1, -0.05) is 15.9 Å². The monoisotopic (exact) mass is 274 g/mol. The van der Waals surface area contributed by atoms with Crippen molar-refractivity contribution in [1.29, 1.82) is 0 Å². The third kappa shape index (κ3) is 2.95. The first-order valence-corrected chi connectivity index (χ1v) is 7.30. The van der Waals surface area contributed by atoms with E-state index in [-0.39, 0.29) is 0 Å². The second kappa shape index (κ2) is 4.72. The Morgan fingerprint density at radius 1 is 1.13 bits per heavy atom. The summed E-state index contributed by atoms with van der Waals surface area (Å²) < 4.78 is 0. The highest BCUT2D eigenvalue weighted by Gasteiger charge is 2.43. The largest absolute Gasteiger partial charge is 0.300 e. The van der Waals surface area contributed by atoms with Gasteiger partial charge in [-0.05, 0) is 32.1 Å². The molecule has 0 aromatic heterocycles. The van der Waals surface area contributed by atoms with Crippen molar-refractivity contribution in [2.24, 2.45) is 5.41 Å². The van der Waals surface area contributed by atoms with Crippen molar-refractivity contribution >= 4 is 15.9 Å². The summed E-state index contributed by atoms with van der Waals surface area (Å²) >= 11 is 3.66. The molecule has 1 saturated heterocycles. The van der Waals surface area contributed by atoms with Gasteiger partial charge in [-0.25, -0.2) is 0 Å². The fourth-order valence-electron chi connectivity index (χ4n) is 2.42. The minimum atomic E-state index is 0.653. The molecule has 0 N–H and O–H groups in total. The molecule has 1 saturated carbocycles.